The van der Waals surface area contributed by atoms with Crippen molar-refractivity contribution < 1.29 is 9.09 Å². The monoisotopic (exact) mass is 274 g/mol. The molecule has 0 aliphatic heterocycles. The van der Waals surface area contributed by atoms with Gasteiger partial charge in [0.05, 0.1) is 17.8 Å². The van der Waals surface area contributed by atoms with Gasteiger partial charge < -0.3 is 0 Å². The maximum absolute atomic E-state index is 11.5. The highest BCUT2D eigenvalue weighted by Gasteiger charge is 2.18. The predicted molar refractivity (Wildman–Crippen MR) is 73.2 cm³/mol. The Labute approximate surface area is 109 Å². The summed E-state index contributed by atoms with van der Waals surface area (Å²) in [6.07, 6.45) is 0. The second-order valence-electron chi connectivity index (χ2n) is 4.86. The Morgan fingerprint density at radius 3 is 2.35 bits per heavy atom. The minimum Gasteiger partial charge on any atom is -0.291 e. The minimum atomic E-state index is -1.87. The molecule has 0 saturated carbocycles. The van der Waals surface area contributed by atoms with Crippen molar-refractivity contribution in [2.75, 3.05) is 18.8 Å². The van der Waals surface area contributed by atoms with Crippen molar-refractivity contribution in [1.82, 2.24) is 0 Å². The van der Waals surface area contributed by atoms with Gasteiger partial charge in [0.15, 0.2) is 0 Å². The number of hydrogen-bond acceptors (Lipinski definition) is 2. The van der Waals surface area contributed by atoms with Crippen LogP contribution in [0.25, 0.3) is 0 Å². The summed E-state index contributed by atoms with van der Waals surface area (Å²) in [6, 6.07) is 5.78. The number of nitrogens with zero attached hydrogens (tertiary/aromatic N) is 1. The summed E-state index contributed by atoms with van der Waals surface area (Å²) in [5.41, 5.74) is 1.90. The van der Waals surface area contributed by atoms with Crippen molar-refractivity contribution in [3.63, 3.8) is 0 Å². The van der Waals surface area contributed by atoms with Crippen molar-refractivity contribution in [2.24, 2.45) is 0 Å². The smallest absolute Gasteiger partial charge is 0.291 e. The van der Waals surface area contributed by atoms with Gasteiger partial charge in [-0.3, -0.25) is 9.19 Å². The van der Waals surface area contributed by atoms with E-state index in [1.807, 2.05) is 18.2 Å². The third-order valence-electron chi connectivity index (χ3n) is 2.56. The Bertz CT molecular complexity index is 429. The summed E-state index contributed by atoms with van der Waals surface area (Å²) in [7, 11) is 1.23. The molecule has 0 heterocycles. The van der Waals surface area contributed by atoms with Gasteiger partial charge >= 0.3 is 8.18 Å². The number of hydrogen-bond donors (Lipinski definition) is 0. The van der Waals surface area contributed by atoms with Gasteiger partial charge in [0, 0.05) is 7.05 Å². The quantitative estimate of drug-likeness (QED) is 0.766. The van der Waals surface area contributed by atoms with E-state index < -0.39 is 8.18 Å². The van der Waals surface area contributed by atoms with Gasteiger partial charge in [0.25, 0.3) is 0 Å². The second-order valence-corrected chi connectivity index (χ2v) is 6.71. The Hall–Kier alpha value is -0.630. The van der Waals surface area contributed by atoms with Gasteiger partial charge in [-0.1, -0.05) is 38.4 Å². The Kier molecular flexibility index (Phi) is 4.54. The molecule has 95 valence electrons. The summed E-state index contributed by atoms with van der Waals surface area (Å²) in [5, 5.41) is 0.584. The maximum atomic E-state index is 11.5. The van der Waals surface area contributed by atoms with Crippen LogP contribution >= 0.6 is 19.8 Å². The van der Waals surface area contributed by atoms with Gasteiger partial charge in [-0.2, -0.15) is 0 Å². The molecule has 0 aromatic heterocycles. The first-order valence-electron chi connectivity index (χ1n) is 5.32. The van der Waals surface area contributed by atoms with Crippen molar-refractivity contribution >= 4 is 25.5 Å². The first kappa shape index (κ1) is 14.4. The zero-order chi connectivity index (χ0) is 13.2. The van der Waals surface area contributed by atoms with E-state index in [-0.39, 0.29) is 5.41 Å². The lowest BCUT2D eigenvalue weighted by Crippen LogP contribution is -2.12. The molecule has 1 radical (unpaired) electrons. The molecule has 1 atom stereocenters. The Morgan fingerprint density at radius 2 is 1.94 bits per heavy atom. The molecular weight excluding hydrogens is 257 g/mol. The van der Waals surface area contributed by atoms with Gasteiger partial charge in [0.2, 0.25) is 0 Å². The highest BCUT2D eigenvalue weighted by Crippen LogP contribution is 2.38. The summed E-state index contributed by atoms with van der Waals surface area (Å²) in [5.74, 6) is 0. The maximum Gasteiger partial charge on any atom is 0.326 e. The van der Waals surface area contributed by atoms with Crippen LogP contribution < -0.4 is 4.67 Å². The van der Waals surface area contributed by atoms with Gasteiger partial charge in [-0.15, -0.1) is 0 Å². The van der Waals surface area contributed by atoms with E-state index in [2.05, 4.69) is 20.8 Å². The molecule has 0 spiro atoms. The summed E-state index contributed by atoms with van der Waals surface area (Å²) < 4.78 is 17.9. The lowest BCUT2D eigenvalue weighted by atomic mass is 9.87. The van der Waals surface area contributed by atoms with E-state index in [1.54, 1.807) is 7.05 Å². The van der Waals surface area contributed by atoms with Crippen LogP contribution in [0.5, 0.6) is 0 Å². The van der Waals surface area contributed by atoms with E-state index in [4.69, 9.17) is 16.1 Å². The first-order valence-corrected chi connectivity index (χ1v) is 6.83. The molecule has 0 N–H and O–H groups in total. The van der Waals surface area contributed by atoms with Gasteiger partial charge in [-0.25, -0.2) is 4.57 Å². The number of anilines is 1. The third-order valence-corrected chi connectivity index (χ3v) is 3.88. The average molecular weight is 275 g/mol. The van der Waals surface area contributed by atoms with E-state index in [0.29, 0.717) is 10.7 Å². The van der Waals surface area contributed by atoms with Crippen LogP contribution in [0.4, 0.5) is 5.69 Å². The largest absolute Gasteiger partial charge is 0.326 e. The van der Waals surface area contributed by atoms with Crippen molar-refractivity contribution in [3.8, 4) is 0 Å². The third kappa shape index (κ3) is 3.41. The van der Waals surface area contributed by atoms with Crippen LogP contribution in [0.2, 0.25) is 5.02 Å². The molecule has 5 heteroatoms. The zero-order valence-electron chi connectivity index (χ0n) is 10.8. The highest BCUT2D eigenvalue weighted by molar-refractivity contribution is 7.41. The Morgan fingerprint density at radius 1 is 1.35 bits per heavy atom. The van der Waals surface area contributed by atoms with Crippen LogP contribution in [-0.4, -0.2) is 14.2 Å². The molecule has 3 nitrogen and oxygen atoms in total. The minimum absolute atomic E-state index is 0.0458. The molecule has 1 unspecified atom stereocenters. The Balaban J connectivity index is 3.10. The molecule has 0 aliphatic carbocycles. The normalized spacial score (nSPS) is 12.5. The van der Waals surface area contributed by atoms with E-state index in [0.717, 1.165) is 5.56 Å². The summed E-state index contributed by atoms with van der Waals surface area (Å²) in [4.78, 5) is 0. The molecule has 1 aromatic rings. The zero-order valence-corrected chi connectivity index (χ0v) is 12.5. The topological polar surface area (TPSA) is 29.5 Å². The summed E-state index contributed by atoms with van der Waals surface area (Å²) >= 11 is 6.21. The standard InChI is InChI=1S/C12H18ClNO2P/c1-12(2,3)9-6-7-11(10(13)8-9)14(4)17(15)16-5/h6-8H,1-5H3. The van der Waals surface area contributed by atoms with Crippen molar-refractivity contribution in [3.05, 3.63) is 28.8 Å². The average Bonchev–Trinajstić information content (AvgIpc) is 2.25. The molecule has 0 fully saturated rings. The lowest BCUT2D eigenvalue weighted by Gasteiger charge is -2.22. The molecule has 0 saturated heterocycles. The number of benzene rings is 1. The van der Waals surface area contributed by atoms with E-state index >= 15 is 0 Å². The fourth-order valence-electron chi connectivity index (χ4n) is 1.45. The molecule has 0 aliphatic rings. The molecule has 17 heavy (non-hydrogen) atoms. The molecule has 1 aromatic carbocycles. The molecule has 0 amide bonds. The molecule has 0 bridgehead atoms. The van der Waals surface area contributed by atoms with Crippen LogP contribution in [0.15, 0.2) is 18.2 Å². The van der Waals surface area contributed by atoms with E-state index in [9.17, 15) is 4.57 Å². The molecular formula is C12H18ClNO2P. The predicted octanol–water partition coefficient (Wildman–Crippen LogP) is 4.38. The SMILES string of the molecule is CO[P](=O)N(C)c1ccc(C(C)(C)C)cc1Cl. The fourth-order valence-corrected chi connectivity index (χ4v) is 2.41. The summed E-state index contributed by atoms with van der Waals surface area (Å²) in [6.45, 7) is 6.37. The fraction of sp³-hybridized carbons (Fsp3) is 0.500. The highest BCUT2D eigenvalue weighted by atomic mass is 35.5. The number of rotatable bonds is 3. The number of halogens is 1. The second kappa shape index (κ2) is 5.34. The lowest BCUT2D eigenvalue weighted by molar-refractivity contribution is 0.413. The van der Waals surface area contributed by atoms with Crippen LogP contribution in [0.3, 0.4) is 0 Å². The van der Waals surface area contributed by atoms with Crippen LogP contribution in [0, 0.1) is 0 Å². The van der Waals surface area contributed by atoms with Gasteiger partial charge in [-0.05, 0) is 23.1 Å². The van der Waals surface area contributed by atoms with Gasteiger partial charge in [0.1, 0.15) is 0 Å². The van der Waals surface area contributed by atoms with Crippen LogP contribution in [0.1, 0.15) is 26.3 Å². The van der Waals surface area contributed by atoms with E-state index in [1.165, 1.54) is 11.8 Å². The van der Waals surface area contributed by atoms with Crippen LogP contribution in [-0.2, 0) is 14.5 Å². The molecule has 1 rings (SSSR count). The van der Waals surface area contributed by atoms with Crippen molar-refractivity contribution in [2.45, 2.75) is 26.2 Å². The first-order chi connectivity index (χ1) is 7.77. The van der Waals surface area contributed by atoms with Crippen molar-refractivity contribution in [1.29, 1.82) is 0 Å².